The SMILES string of the molecule is CC(=O)NN1C(=O)/C(=C/c2ccc(I)o2)SC1=S. The lowest BCUT2D eigenvalue weighted by Gasteiger charge is -2.13. The number of hydrogen-bond acceptors (Lipinski definition) is 5. The van der Waals surface area contributed by atoms with Gasteiger partial charge in [-0.1, -0.05) is 11.8 Å². The molecule has 1 aromatic rings. The molecule has 1 aromatic heterocycles. The molecule has 8 heteroatoms. The van der Waals surface area contributed by atoms with Crippen LogP contribution in [0.1, 0.15) is 12.7 Å². The van der Waals surface area contributed by atoms with Crippen molar-refractivity contribution in [2.75, 3.05) is 0 Å². The van der Waals surface area contributed by atoms with Gasteiger partial charge < -0.3 is 4.42 Å². The van der Waals surface area contributed by atoms with E-state index >= 15 is 0 Å². The van der Waals surface area contributed by atoms with Gasteiger partial charge in [0.2, 0.25) is 5.91 Å². The van der Waals surface area contributed by atoms with Gasteiger partial charge in [-0.3, -0.25) is 15.0 Å². The maximum atomic E-state index is 12.0. The molecule has 1 fully saturated rings. The number of thioether (sulfide) groups is 1. The topological polar surface area (TPSA) is 62.6 Å². The number of thiocarbonyl (C=S) groups is 1. The summed E-state index contributed by atoms with van der Waals surface area (Å²) in [6.45, 7) is 1.32. The predicted octanol–water partition coefficient (Wildman–Crippen LogP) is 2.14. The maximum Gasteiger partial charge on any atom is 0.285 e. The molecule has 1 N–H and O–H groups in total. The van der Waals surface area contributed by atoms with E-state index in [1.807, 2.05) is 22.6 Å². The molecule has 0 aliphatic carbocycles. The molecule has 0 bridgehead atoms. The maximum absolute atomic E-state index is 12.0. The summed E-state index contributed by atoms with van der Waals surface area (Å²) in [7, 11) is 0. The quantitative estimate of drug-likeness (QED) is 0.473. The highest BCUT2D eigenvalue weighted by molar-refractivity contribution is 14.1. The normalized spacial score (nSPS) is 17.7. The molecule has 2 amide bonds. The van der Waals surface area contributed by atoms with Gasteiger partial charge in [0.05, 0.1) is 4.91 Å². The van der Waals surface area contributed by atoms with Crippen molar-refractivity contribution in [1.82, 2.24) is 10.4 Å². The summed E-state index contributed by atoms with van der Waals surface area (Å²) in [6, 6.07) is 3.55. The Morgan fingerprint density at radius 2 is 2.33 bits per heavy atom. The Kier molecular flexibility index (Phi) is 4.07. The van der Waals surface area contributed by atoms with Crippen LogP contribution in [-0.4, -0.2) is 21.1 Å². The van der Waals surface area contributed by atoms with Crippen LogP contribution in [0.15, 0.2) is 21.5 Å². The van der Waals surface area contributed by atoms with E-state index in [9.17, 15) is 9.59 Å². The highest BCUT2D eigenvalue weighted by atomic mass is 127. The summed E-state index contributed by atoms with van der Waals surface area (Å²) in [6.07, 6.45) is 1.60. The van der Waals surface area contributed by atoms with Crippen molar-refractivity contribution in [3.63, 3.8) is 0 Å². The number of carbonyl (C=O) groups is 2. The van der Waals surface area contributed by atoms with Gasteiger partial charge in [-0.25, -0.2) is 0 Å². The summed E-state index contributed by atoms with van der Waals surface area (Å²) < 4.78 is 6.37. The predicted molar refractivity (Wildman–Crippen MR) is 80.3 cm³/mol. The first kappa shape index (κ1) is 13.6. The zero-order valence-corrected chi connectivity index (χ0v) is 12.9. The number of nitrogens with one attached hydrogen (secondary N) is 1. The van der Waals surface area contributed by atoms with Crippen LogP contribution in [0.5, 0.6) is 0 Å². The molecule has 1 aliphatic heterocycles. The fourth-order valence-corrected chi connectivity index (χ4v) is 2.85. The second kappa shape index (κ2) is 5.41. The number of furan rings is 1. The van der Waals surface area contributed by atoms with Crippen LogP contribution >= 0.6 is 46.6 Å². The molecular weight excluding hydrogens is 387 g/mol. The van der Waals surface area contributed by atoms with Crippen molar-refractivity contribution < 1.29 is 14.0 Å². The molecule has 0 spiro atoms. The molecule has 94 valence electrons. The van der Waals surface area contributed by atoms with E-state index in [2.05, 4.69) is 5.43 Å². The first-order chi connectivity index (χ1) is 8.47. The second-order valence-electron chi connectivity index (χ2n) is 3.33. The van der Waals surface area contributed by atoms with E-state index < -0.39 is 0 Å². The Hall–Kier alpha value is -0.870. The van der Waals surface area contributed by atoms with E-state index in [1.165, 1.54) is 6.92 Å². The molecule has 0 unspecified atom stereocenters. The van der Waals surface area contributed by atoms with Gasteiger partial charge in [-0.2, -0.15) is 5.01 Å². The first-order valence-corrected chi connectivity index (χ1v) is 7.08. The van der Waals surface area contributed by atoms with Gasteiger partial charge in [-0.05, 0) is 46.9 Å². The molecule has 0 aromatic carbocycles. The standard InChI is InChI=1S/C10H7IN2O3S2/c1-5(14)12-13-9(15)7(18-10(13)17)4-6-2-3-8(11)16-6/h2-4H,1H3,(H,12,14)/b7-4-. The molecule has 0 radical (unpaired) electrons. The number of amides is 2. The van der Waals surface area contributed by atoms with Crippen molar-refractivity contribution >= 4 is 68.8 Å². The van der Waals surface area contributed by atoms with E-state index in [4.69, 9.17) is 16.6 Å². The van der Waals surface area contributed by atoms with E-state index in [0.717, 1.165) is 20.5 Å². The summed E-state index contributed by atoms with van der Waals surface area (Å²) >= 11 is 8.17. The van der Waals surface area contributed by atoms with Crippen LogP contribution in [0.2, 0.25) is 0 Å². The molecule has 2 heterocycles. The lowest BCUT2D eigenvalue weighted by molar-refractivity contribution is -0.131. The van der Waals surface area contributed by atoms with E-state index in [1.54, 1.807) is 18.2 Å². The molecule has 1 aliphatic rings. The van der Waals surface area contributed by atoms with Crippen molar-refractivity contribution in [2.45, 2.75) is 6.92 Å². The van der Waals surface area contributed by atoms with Crippen molar-refractivity contribution in [1.29, 1.82) is 0 Å². The zero-order chi connectivity index (χ0) is 13.3. The largest absolute Gasteiger partial charge is 0.451 e. The summed E-state index contributed by atoms with van der Waals surface area (Å²) in [5.41, 5.74) is 2.37. The lowest BCUT2D eigenvalue weighted by atomic mass is 10.4. The van der Waals surface area contributed by atoms with Crippen LogP contribution in [0.4, 0.5) is 0 Å². The fraction of sp³-hybridized carbons (Fsp3) is 0.100. The van der Waals surface area contributed by atoms with Crippen molar-refractivity contribution in [3.05, 3.63) is 26.6 Å². The number of hydrazine groups is 1. The van der Waals surface area contributed by atoms with Gasteiger partial charge in [0.25, 0.3) is 5.91 Å². The number of rotatable bonds is 2. The van der Waals surface area contributed by atoms with Crippen molar-refractivity contribution in [3.8, 4) is 0 Å². The number of carbonyl (C=O) groups excluding carboxylic acids is 2. The minimum absolute atomic E-state index is 0.294. The smallest absolute Gasteiger partial charge is 0.285 e. The third-order valence-electron chi connectivity index (χ3n) is 1.93. The summed E-state index contributed by atoms with van der Waals surface area (Å²) in [5.74, 6) is -0.130. The summed E-state index contributed by atoms with van der Waals surface area (Å²) in [5, 5.41) is 1.06. The molecule has 0 saturated carbocycles. The molecular formula is C10H7IN2O3S2. The Bertz CT molecular complexity index is 567. The Labute approximate surface area is 126 Å². The number of nitrogens with zero attached hydrogens (tertiary/aromatic N) is 1. The van der Waals surface area contributed by atoms with Crippen LogP contribution in [-0.2, 0) is 9.59 Å². The fourth-order valence-electron chi connectivity index (χ4n) is 1.26. The van der Waals surface area contributed by atoms with E-state index in [0.29, 0.717) is 15.0 Å². The van der Waals surface area contributed by atoms with Crippen LogP contribution < -0.4 is 5.43 Å². The van der Waals surface area contributed by atoms with Gasteiger partial charge in [0, 0.05) is 13.0 Å². The average Bonchev–Trinajstić information content (AvgIpc) is 2.78. The molecule has 0 atom stereocenters. The minimum atomic E-state index is -0.355. The van der Waals surface area contributed by atoms with Crippen LogP contribution in [0.3, 0.4) is 0 Å². The zero-order valence-electron chi connectivity index (χ0n) is 9.10. The highest BCUT2D eigenvalue weighted by Gasteiger charge is 2.33. The third kappa shape index (κ3) is 2.93. The third-order valence-corrected chi connectivity index (χ3v) is 3.81. The molecule has 1 saturated heterocycles. The molecule has 2 rings (SSSR count). The Morgan fingerprint density at radius 1 is 1.61 bits per heavy atom. The van der Waals surface area contributed by atoms with Gasteiger partial charge >= 0.3 is 0 Å². The minimum Gasteiger partial charge on any atom is -0.451 e. The highest BCUT2D eigenvalue weighted by Crippen LogP contribution is 2.31. The number of halogens is 1. The molecule has 5 nitrogen and oxygen atoms in total. The van der Waals surface area contributed by atoms with Crippen LogP contribution in [0.25, 0.3) is 6.08 Å². The second-order valence-corrected chi connectivity index (χ2v) is 6.07. The van der Waals surface area contributed by atoms with Crippen LogP contribution in [0, 0.1) is 3.77 Å². The van der Waals surface area contributed by atoms with Crippen molar-refractivity contribution in [2.24, 2.45) is 0 Å². The van der Waals surface area contributed by atoms with E-state index in [-0.39, 0.29) is 11.8 Å². The number of hydrogen-bond donors (Lipinski definition) is 1. The average molecular weight is 394 g/mol. The summed E-state index contributed by atoms with van der Waals surface area (Å²) in [4.78, 5) is 23.3. The van der Waals surface area contributed by atoms with Gasteiger partial charge in [0.15, 0.2) is 8.09 Å². The monoisotopic (exact) mass is 394 g/mol. The van der Waals surface area contributed by atoms with Gasteiger partial charge in [-0.15, -0.1) is 0 Å². The lowest BCUT2D eigenvalue weighted by Crippen LogP contribution is -2.43. The van der Waals surface area contributed by atoms with Gasteiger partial charge in [0.1, 0.15) is 5.76 Å². The molecule has 18 heavy (non-hydrogen) atoms. The first-order valence-electron chi connectivity index (χ1n) is 4.78. The Morgan fingerprint density at radius 3 is 2.89 bits per heavy atom. The Balaban J connectivity index is 2.22.